The number of hydrogen-bond donors (Lipinski definition) is 0. The van der Waals surface area contributed by atoms with E-state index >= 15 is 0 Å². The Kier molecular flexibility index (Phi) is 1.72. The van der Waals surface area contributed by atoms with E-state index in [1.165, 1.54) is 12.2 Å². The summed E-state index contributed by atoms with van der Waals surface area (Å²) in [6.07, 6.45) is 6.18. The van der Waals surface area contributed by atoms with E-state index in [1.807, 2.05) is 0 Å². The third-order valence-corrected chi connectivity index (χ3v) is 6.08. The largest absolute Gasteiger partial charge is 0.158 e. The average Bonchev–Trinajstić information content (AvgIpc) is 2.75. The van der Waals surface area contributed by atoms with Gasteiger partial charge in [-0.3, -0.25) is 0 Å². The zero-order chi connectivity index (χ0) is 8.13. The highest BCUT2D eigenvalue weighted by atomic mass is 32.2. The van der Waals surface area contributed by atoms with Crippen LogP contribution in [0.5, 0.6) is 0 Å². The number of rotatable bonds is 1. The Labute approximate surface area is 79.5 Å². The van der Waals surface area contributed by atoms with E-state index in [1.54, 1.807) is 19.3 Å². The van der Waals surface area contributed by atoms with Crippen LogP contribution in [0.4, 0.5) is 0 Å². The van der Waals surface area contributed by atoms with Gasteiger partial charge in [0.1, 0.15) is 0 Å². The van der Waals surface area contributed by atoms with Crippen molar-refractivity contribution in [2.24, 2.45) is 23.7 Å². The van der Waals surface area contributed by atoms with E-state index in [0.29, 0.717) is 0 Å². The molecule has 2 bridgehead atoms. The monoisotopic (exact) mass is 182 g/mol. The molecule has 1 heteroatoms. The third-order valence-electron chi connectivity index (χ3n) is 4.52. The fourth-order valence-electron chi connectivity index (χ4n) is 4.00. The standard InChI is InChI=1S/C11H18S/c1-2-7-5-8-6-10(7)11-9(8)3-4-12-11/h7-11H,2-6H2,1H3. The Hall–Kier alpha value is 0.350. The van der Waals surface area contributed by atoms with Crippen molar-refractivity contribution in [2.45, 2.75) is 37.9 Å². The lowest BCUT2D eigenvalue weighted by atomic mass is 9.80. The van der Waals surface area contributed by atoms with Gasteiger partial charge in [-0.1, -0.05) is 13.3 Å². The molecule has 1 heterocycles. The van der Waals surface area contributed by atoms with Crippen LogP contribution in [0.15, 0.2) is 0 Å². The molecule has 3 fully saturated rings. The summed E-state index contributed by atoms with van der Waals surface area (Å²) in [5, 5.41) is 1.11. The quantitative estimate of drug-likeness (QED) is 0.600. The van der Waals surface area contributed by atoms with Crippen LogP contribution in [-0.2, 0) is 0 Å². The van der Waals surface area contributed by atoms with Crippen LogP contribution in [0.2, 0.25) is 0 Å². The number of thioether (sulfide) groups is 1. The van der Waals surface area contributed by atoms with Crippen molar-refractivity contribution in [3.8, 4) is 0 Å². The first-order chi connectivity index (χ1) is 5.90. The van der Waals surface area contributed by atoms with Crippen molar-refractivity contribution in [1.82, 2.24) is 0 Å². The maximum Gasteiger partial charge on any atom is 0.0109 e. The van der Waals surface area contributed by atoms with Crippen molar-refractivity contribution < 1.29 is 0 Å². The molecule has 1 saturated heterocycles. The summed E-state index contributed by atoms with van der Waals surface area (Å²) < 4.78 is 0. The minimum atomic E-state index is 1.11. The molecule has 5 atom stereocenters. The summed E-state index contributed by atoms with van der Waals surface area (Å²) in [5.41, 5.74) is 0. The normalized spacial score (nSPS) is 56.2. The van der Waals surface area contributed by atoms with Gasteiger partial charge in [-0.05, 0) is 48.7 Å². The molecule has 3 rings (SSSR count). The van der Waals surface area contributed by atoms with Crippen LogP contribution in [0.25, 0.3) is 0 Å². The molecule has 0 N–H and O–H groups in total. The van der Waals surface area contributed by atoms with Crippen molar-refractivity contribution in [1.29, 1.82) is 0 Å². The van der Waals surface area contributed by atoms with Gasteiger partial charge in [0, 0.05) is 5.25 Å². The molecule has 5 unspecified atom stereocenters. The summed E-state index contributed by atoms with van der Waals surface area (Å²) in [5.74, 6) is 6.03. The Bertz CT molecular complexity index is 187. The summed E-state index contributed by atoms with van der Waals surface area (Å²) in [7, 11) is 0. The zero-order valence-corrected chi connectivity index (χ0v) is 8.65. The highest BCUT2D eigenvalue weighted by molar-refractivity contribution is 8.00. The van der Waals surface area contributed by atoms with Gasteiger partial charge in [-0.25, -0.2) is 0 Å². The van der Waals surface area contributed by atoms with Crippen LogP contribution >= 0.6 is 11.8 Å². The van der Waals surface area contributed by atoms with Gasteiger partial charge in [0.25, 0.3) is 0 Å². The summed E-state index contributed by atoms with van der Waals surface area (Å²) in [4.78, 5) is 0. The molecule has 0 nitrogen and oxygen atoms in total. The average molecular weight is 182 g/mol. The Morgan fingerprint density at radius 2 is 2.17 bits per heavy atom. The molecular formula is C11H18S. The van der Waals surface area contributed by atoms with E-state index in [4.69, 9.17) is 0 Å². The van der Waals surface area contributed by atoms with E-state index in [-0.39, 0.29) is 0 Å². The molecule has 0 radical (unpaired) electrons. The van der Waals surface area contributed by atoms with E-state index < -0.39 is 0 Å². The molecule has 0 aromatic carbocycles. The van der Waals surface area contributed by atoms with Crippen LogP contribution in [0.1, 0.15) is 32.6 Å². The lowest BCUT2D eigenvalue weighted by Crippen LogP contribution is -2.26. The van der Waals surface area contributed by atoms with Gasteiger partial charge in [0.15, 0.2) is 0 Å². The molecule has 2 saturated carbocycles. The Morgan fingerprint density at radius 1 is 1.25 bits per heavy atom. The van der Waals surface area contributed by atoms with Gasteiger partial charge in [-0.2, -0.15) is 11.8 Å². The van der Waals surface area contributed by atoms with E-state index in [2.05, 4.69) is 18.7 Å². The molecule has 0 spiro atoms. The zero-order valence-electron chi connectivity index (χ0n) is 7.83. The van der Waals surface area contributed by atoms with Crippen molar-refractivity contribution in [3.05, 3.63) is 0 Å². The van der Waals surface area contributed by atoms with Crippen molar-refractivity contribution in [3.63, 3.8) is 0 Å². The molecule has 2 aliphatic carbocycles. The van der Waals surface area contributed by atoms with Gasteiger partial charge in [-0.15, -0.1) is 0 Å². The van der Waals surface area contributed by atoms with E-state index in [0.717, 1.165) is 28.9 Å². The van der Waals surface area contributed by atoms with Gasteiger partial charge in [0.2, 0.25) is 0 Å². The fourth-order valence-corrected chi connectivity index (χ4v) is 5.86. The SMILES string of the molecule is CCC1CC2CC1C1SCCC21. The summed E-state index contributed by atoms with van der Waals surface area (Å²) >= 11 is 2.30. The summed E-state index contributed by atoms with van der Waals surface area (Å²) in [6.45, 7) is 2.39. The van der Waals surface area contributed by atoms with Crippen molar-refractivity contribution in [2.75, 3.05) is 5.75 Å². The van der Waals surface area contributed by atoms with Crippen LogP contribution in [0, 0.1) is 23.7 Å². The van der Waals surface area contributed by atoms with E-state index in [9.17, 15) is 0 Å². The maximum atomic E-state index is 2.39. The third kappa shape index (κ3) is 0.865. The first kappa shape index (κ1) is 7.73. The first-order valence-electron chi connectivity index (χ1n) is 5.51. The summed E-state index contributed by atoms with van der Waals surface area (Å²) in [6, 6.07) is 0. The second-order valence-corrected chi connectivity index (χ2v) is 6.14. The highest BCUT2D eigenvalue weighted by Gasteiger charge is 2.53. The molecule has 0 aromatic heterocycles. The smallest absolute Gasteiger partial charge is 0.0109 e. The molecule has 3 aliphatic rings. The minimum Gasteiger partial charge on any atom is -0.158 e. The highest BCUT2D eigenvalue weighted by Crippen LogP contribution is 2.60. The van der Waals surface area contributed by atoms with Crippen molar-refractivity contribution >= 4 is 11.8 Å². The van der Waals surface area contributed by atoms with Crippen LogP contribution in [-0.4, -0.2) is 11.0 Å². The lowest BCUT2D eigenvalue weighted by molar-refractivity contribution is 0.266. The fraction of sp³-hybridized carbons (Fsp3) is 1.00. The lowest BCUT2D eigenvalue weighted by Gasteiger charge is -2.30. The Balaban J connectivity index is 1.83. The van der Waals surface area contributed by atoms with Gasteiger partial charge >= 0.3 is 0 Å². The minimum absolute atomic E-state index is 1.11. The number of fused-ring (bicyclic) bond motifs is 5. The molecule has 68 valence electrons. The van der Waals surface area contributed by atoms with Gasteiger partial charge < -0.3 is 0 Å². The predicted molar refractivity (Wildman–Crippen MR) is 54.3 cm³/mol. The molecule has 12 heavy (non-hydrogen) atoms. The second-order valence-electron chi connectivity index (χ2n) is 4.85. The molecule has 0 aromatic rings. The molecular weight excluding hydrogens is 164 g/mol. The molecule has 0 amide bonds. The van der Waals surface area contributed by atoms with Crippen LogP contribution in [0.3, 0.4) is 0 Å². The molecule has 1 aliphatic heterocycles. The second kappa shape index (κ2) is 2.67. The predicted octanol–water partition coefficient (Wildman–Crippen LogP) is 3.17. The van der Waals surface area contributed by atoms with Crippen LogP contribution < -0.4 is 0 Å². The van der Waals surface area contributed by atoms with Gasteiger partial charge in [0.05, 0.1) is 0 Å². The maximum absolute atomic E-state index is 2.39. The topological polar surface area (TPSA) is 0 Å². The first-order valence-corrected chi connectivity index (χ1v) is 6.56. The number of hydrogen-bond acceptors (Lipinski definition) is 1. The Morgan fingerprint density at radius 3 is 3.00 bits per heavy atom.